The summed E-state index contributed by atoms with van der Waals surface area (Å²) in [5.41, 5.74) is 5.53. The number of carbonyl (C=O) groups excluding carboxylic acids is 3. The number of nitrogens with zero attached hydrogens (tertiary/aromatic N) is 2. The lowest BCUT2D eigenvalue weighted by atomic mass is 10.2. The van der Waals surface area contributed by atoms with Crippen LogP contribution >= 0.6 is 0 Å². The Hall–Kier alpha value is -3.73. The highest BCUT2D eigenvalue weighted by Crippen LogP contribution is 2.30. The van der Waals surface area contributed by atoms with Crippen LogP contribution in [0.1, 0.15) is 42.4 Å². The zero-order valence-corrected chi connectivity index (χ0v) is 17.9. The fourth-order valence-corrected chi connectivity index (χ4v) is 3.23. The Balaban J connectivity index is 1.72. The van der Waals surface area contributed by atoms with E-state index in [0.29, 0.717) is 11.1 Å². The Kier molecular flexibility index (Phi) is 7.21. The SMILES string of the molecule is CC(=O)OC[C@H]1O[C@@H](n2cc(C)c(NNC(=O)c3ccccc3)nc2=O)C[C@@H]1OC(C)=O. The normalized spacial score (nSPS) is 19.8. The first-order valence-electron chi connectivity index (χ1n) is 9.92. The van der Waals surface area contributed by atoms with E-state index in [1.165, 1.54) is 24.6 Å². The molecule has 0 saturated carbocycles. The van der Waals surface area contributed by atoms with Gasteiger partial charge in [0.1, 0.15) is 25.0 Å². The smallest absolute Gasteiger partial charge is 0.351 e. The maximum absolute atomic E-state index is 12.6. The zero-order chi connectivity index (χ0) is 23.3. The van der Waals surface area contributed by atoms with Gasteiger partial charge in [0, 0.05) is 37.6 Å². The summed E-state index contributed by atoms with van der Waals surface area (Å²) in [4.78, 5) is 51.3. The number of esters is 2. The minimum absolute atomic E-state index is 0.115. The molecule has 11 nitrogen and oxygen atoms in total. The lowest BCUT2D eigenvalue weighted by Crippen LogP contribution is -2.34. The van der Waals surface area contributed by atoms with Crippen molar-refractivity contribution in [2.75, 3.05) is 12.0 Å². The van der Waals surface area contributed by atoms with Crippen molar-refractivity contribution in [3.05, 3.63) is 58.1 Å². The first-order chi connectivity index (χ1) is 15.2. The predicted molar refractivity (Wildman–Crippen MR) is 111 cm³/mol. The predicted octanol–water partition coefficient (Wildman–Crippen LogP) is 1.09. The molecular formula is C21H24N4O7. The van der Waals surface area contributed by atoms with Crippen LogP contribution in [0.2, 0.25) is 0 Å². The molecule has 3 atom stereocenters. The minimum atomic E-state index is -0.772. The van der Waals surface area contributed by atoms with Crippen molar-refractivity contribution < 1.29 is 28.6 Å². The number of aryl methyl sites for hydroxylation is 1. The molecule has 2 N–H and O–H groups in total. The number of rotatable bonds is 7. The number of anilines is 1. The summed E-state index contributed by atoms with van der Waals surface area (Å²) in [5.74, 6) is -1.21. The fraction of sp³-hybridized carbons (Fsp3) is 0.381. The van der Waals surface area contributed by atoms with Crippen molar-refractivity contribution >= 4 is 23.7 Å². The highest BCUT2D eigenvalue weighted by molar-refractivity contribution is 5.94. The van der Waals surface area contributed by atoms with Crippen LogP contribution in [0.3, 0.4) is 0 Å². The van der Waals surface area contributed by atoms with E-state index in [4.69, 9.17) is 14.2 Å². The number of amides is 1. The Morgan fingerprint density at radius 1 is 1.19 bits per heavy atom. The first kappa shape index (κ1) is 22.9. The van der Waals surface area contributed by atoms with Gasteiger partial charge in [-0.3, -0.25) is 29.8 Å². The average Bonchev–Trinajstić information content (AvgIpc) is 3.14. The summed E-state index contributed by atoms with van der Waals surface area (Å²) in [7, 11) is 0. The molecule has 1 aromatic heterocycles. The number of carbonyl (C=O) groups is 3. The lowest BCUT2D eigenvalue weighted by molar-refractivity contribution is -0.155. The Morgan fingerprint density at radius 2 is 1.91 bits per heavy atom. The first-order valence-corrected chi connectivity index (χ1v) is 9.92. The third-order valence-corrected chi connectivity index (χ3v) is 4.72. The molecular weight excluding hydrogens is 420 g/mol. The zero-order valence-electron chi connectivity index (χ0n) is 17.9. The van der Waals surface area contributed by atoms with Crippen molar-refractivity contribution in [3.63, 3.8) is 0 Å². The van der Waals surface area contributed by atoms with Crippen LogP contribution in [0.25, 0.3) is 0 Å². The molecule has 3 rings (SSSR count). The van der Waals surface area contributed by atoms with E-state index in [2.05, 4.69) is 15.8 Å². The molecule has 2 heterocycles. The number of nitrogens with one attached hydrogen (secondary N) is 2. The summed E-state index contributed by atoms with van der Waals surface area (Å²) in [6.45, 7) is 4.11. The van der Waals surface area contributed by atoms with Gasteiger partial charge in [0.25, 0.3) is 5.91 Å². The van der Waals surface area contributed by atoms with Gasteiger partial charge in [-0.2, -0.15) is 4.98 Å². The van der Waals surface area contributed by atoms with Crippen LogP contribution < -0.4 is 16.5 Å². The van der Waals surface area contributed by atoms with Crippen LogP contribution in [0, 0.1) is 6.92 Å². The van der Waals surface area contributed by atoms with Crippen LogP contribution in [-0.4, -0.2) is 46.2 Å². The van der Waals surface area contributed by atoms with Gasteiger partial charge in [0.15, 0.2) is 5.82 Å². The van der Waals surface area contributed by atoms with Gasteiger partial charge in [-0.15, -0.1) is 0 Å². The van der Waals surface area contributed by atoms with Crippen molar-refractivity contribution in [2.45, 2.75) is 45.6 Å². The highest BCUT2D eigenvalue weighted by atomic mass is 16.6. The van der Waals surface area contributed by atoms with Gasteiger partial charge < -0.3 is 14.2 Å². The third kappa shape index (κ3) is 5.70. The monoisotopic (exact) mass is 444 g/mol. The van der Waals surface area contributed by atoms with E-state index in [0.717, 1.165) is 0 Å². The summed E-state index contributed by atoms with van der Waals surface area (Å²) in [6.07, 6.45) is -0.471. The highest BCUT2D eigenvalue weighted by Gasteiger charge is 2.39. The quantitative estimate of drug-likeness (QED) is 0.475. The molecule has 0 unspecified atom stereocenters. The van der Waals surface area contributed by atoms with E-state index < -0.39 is 36.1 Å². The molecule has 1 aliphatic rings. The molecule has 0 spiro atoms. The van der Waals surface area contributed by atoms with Gasteiger partial charge in [-0.25, -0.2) is 4.79 Å². The Bertz CT molecular complexity index is 1050. The van der Waals surface area contributed by atoms with E-state index >= 15 is 0 Å². The number of aromatic nitrogens is 2. The maximum Gasteiger partial charge on any atom is 0.351 e. The van der Waals surface area contributed by atoms with E-state index in [1.807, 2.05) is 0 Å². The van der Waals surface area contributed by atoms with Crippen molar-refractivity contribution in [1.82, 2.24) is 15.0 Å². The van der Waals surface area contributed by atoms with Crippen LogP contribution in [0.15, 0.2) is 41.3 Å². The third-order valence-electron chi connectivity index (χ3n) is 4.72. The molecule has 11 heteroatoms. The van der Waals surface area contributed by atoms with Gasteiger partial charge in [-0.1, -0.05) is 18.2 Å². The molecule has 1 fully saturated rings. The van der Waals surface area contributed by atoms with E-state index in [9.17, 15) is 19.2 Å². The fourth-order valence-electron chi connectivity index (χ4n) is 3.23. The van der Waals surface area contributed by atoms with Gasteiger partial charge in [0.2, 0.25) is 0 Å². The van der Waals surface area contributed by atoms with Gasteiger partial charge in [-0.05, 0) is 19.1 Å². The second kappa shape index (κ2) is 10.1. The van der Waals surface area contributed by atoms with E-state index in [1.54, 1.807) is 37.3 Å². The standard InChI is InChI=1S/C21H24N4O7/c1-12-10-25(18-9-16(31-14(3)27)17(32-18)11-30-13(2)26)21(29)22-19(12)23-24-20(28)15-7-5-4-6-8-15/h4-8,10,16-18H,9,11H2,1-3H3,(H,24,28)(H,22,23,29)/t16-,17+,18+/m0/s1. The largest absolute Gasteiger partial charge is 0.463 e. The summed E-state index contributed by atoms with van der Waals surface area (Å²) < 4.78 is 17.3. The molecule has 1 amide bonds. The topological polar surface area (TPSA) is 138 Å². The van der Waals surface area contributed by atoms with Crippen molar-refractivity contribution in [1.29, 1.82) is 0 Å². The summed E-state index contributed by atoms with van der Waals surface area (Å²) >= 11 is 0. The Labute approximate surface area is 183 Å². The van der Waals surface area contributed by atoms with Crippen molar-refractivity contribution in [2.24, 2.45) is 0 Å². The molecule has 1 aliphatic heterocycles. The molecule has 0 bridgehead atoms. The molecule has 170 valence electrons. The van der Waals surface area contributed by atoms with Gasteiger partial charge >= 0.3 is 17.6 Å². The van der Waals surface area contributed by atoms with Crippen LogP contribution in [0.4, 0.5) is 5.82 Å². The summed E-state index contributed by atoms with van der Waals surface area (Å²) in [5, 5.41) is 0. The Morgan fingerprint density at radius 3 is 2.56 bits per heavy atom. The van der Waals surface area contributed by atoms with Crippen LogP contribution in [0.5, 0.6) is 0 Å². The molecule has 1 saturated heterocycles. The average molecular weight is 444 g/mol. The number of hydrogen-bond acceptors (Lipinski definition) is 9. The number of hydrazine groups is 1. The molecule has 2 aromatic rings. The number of ether oxygens (including phenoxy) is 3. The number of benzene rings is 1. The molecule has 0 aliphatic carbocycles. The van der Waals surface area contributed by atoms with E-state index in [-0.39, 0.29) is 24.8 Å². The minimum Gasteiger partial charge on any atom is -0.463 e. The van der Waals surface area contributed by atoms with Crippen LogP contribution in [-0.2, 0) is 23.8 Å². The summed E-state index contributed by atoms with van der Waals surface area (Å²) in [6, 6.07) is 8.57. The molecule has 1 aromatic carbocycles. The molecule has 32 heavy (non-hydrogen) atoms. The lowest BCUT2D eigenvalue weighted by Gasteiger charge is -2.18. The van der Waals surface area contributed by atoms with Crippen molar-refractivity contribution in [3.8, 4) is 0 Å². The molecule has 0 radical (unpaired) electrons. The van der Waals surface area contributed by atoms with Gasteiger partial charge in [0.05, 0.1) is 0 Å². The second-order valence-electron chi connectivity index (χ2n) is 7.22. The number of hydrogen-bond donors (Lipinski definition) is 2. The maximum atomic E-state index is 12.6. The second-order valence-corrected chi connectivity index (χ2v) is 7.22.